The first-order chi connectivity index (χ1) is 7.97. The van der Waals surface area contributed by atoms with Crippen molar-refractivity contribution < 1.29 is 13.2 Å². The van der Waals surface area contributed by atoms with E-state index in [0.29, 0.717) is 11.3 Å². The molecular formula is C12H7BrF3N. The van der Waals surface area contributed by atoms with Gasteiger partial charge >= 0.3 is 6.18 Å². The van der Waals surface area contributed by atoms with Crippen LogP contribution >= 0.6 is 15.9 Å². The fourth-order valence-corrected chi connectivity index (χ4v) is 1.61. The van der Waals surface area contributed by atoms with Crippen LogP contribution in [-0.4, -0.2) is 4.98 Å². The van der Waals surface area contributed by atoms with Gasteiger partial charge in [-0.25, -0.2) is 0 Å². The van der Waals surface area contributed by atoms with Crippen LogP contribution in [0.3, 0.4) is 0 Å². The van der Waals surface area contributed by atoms with Crippen molar-refractivity contribution in [2.24, 2.45) is 0 Å². The van der Waals surface area contributed by atoms with Crippen molar-refractivity contribution in [2.45, 2.75) is 6.18 Å². The molecule has 5 heteroatoms. The second-order valence-corrected chi connectivity index (χ2v) is 4.35. The predicted octanol–water partition coefficient (Wildman–Crippen LogP) is 4.53. The Hall–Kier alpha value is -1.36. The minimum atomic E-state index is -4.30. The highest BCUT2D eigenvalue weighted by Crippen LogP contribution is 2.30. The van der Waals surface area contributed by atoms with E-state index in [0.717, 1.165) is 16.6 Å². The molecule has 0 amide bonds. The van der Waals surface area contributed by atoms with Crippen molar-refractivity contribution >= 4 is 15.9 Å². The smallest absolute Gasteiger partial charge is 0.255 e. The molecule has 0 aliphatic heterocycles. The molecule has 0 spiro atoms. The molecule has 0 bridgehead atoms. The molecule has 0 saturated heterocycles. The molecule has 0 unspecified atom stereocenters. The van der Waals surface area contributed by atoms with Gasteiger partial charge < -0.3 is 0 Å². The quantitative estimate of drug-likeness (QED) is 0.754. The first kappa shape index (κ1) is 12.1. The van der Waals surface area contributed by atoms with Gasteiger partial charge in [-0.3, -0.25) is 4.98 Å². The van der Waals surface area contributed by atoms with Gasteiger partial charge in [0.05, 0.1) is 11.3 Å². The standard InChI is InChI=1S/C12H7BrF3N/c13-10-5-6-11(17-7-10)8-1-3-9(4-2-8)12(14,15)16/h1-7H. The van der Waals surface area contributed by atoms with Crippen molar-refractivity contribution in [1.29, 1.82) is 0 Å². The van der Waals surface area contributed by atoms with Crippen LogP contribution in [0.4, 0.5) is 13.2 Å². The highest BCUT2D eigenvalue weighted by molar-refractivity contribution is 9.10. The van der Waals surface area contributed by atoms with Crippen LogP contribution in [0.1, 0.15) is 5.56 Å². The zero-order chi connectivity index (χ0) is 12.5. The number of hydrogen-bond acceptors (Lipinski definition) is 1. The Morgan fingerprint density at radius 1 is 0.941 bits per heavy atom. The minimum Gasteiger partial charge on any atom is -0.255 e. The Bertz CT molecular complexity index is 503. The maximum absolute atomic E-state index is 12.4. The van der Waals surface area contributed by atoms with Gasteiger partial charge in [0.25, 0.3) is 0 Å². The third-order valence-electron chi connectivity index (χ3n) is 2.24. The molecule has 1 nitrogen and oxygen atoms in total. The molecule has 17 heavy (non-hydrogen) atoms. The number of pyridine rings is 1. The van der Waals surface area contributed by atoms with E-state index in [9.17, 15) is 13.2 Å². The van der Waals surface area contributed by atoms with E-state index < -0.39 is 11.7 Å². The Morgan fingerprint density at radius 3 is 2.06 bits per heavy atom. The second-order valence-electron chi connectivity index (χ2n) is 3.44. The summed E-state index contributed by atoms with van der Waals surface area (Å²) in [5.74, 6) is 0. The predicted molar refractivity (Wildman–Crippen MR) is 62.4 cm³/mol. The zero-order valence-corrected chi connectivity index (χ0v) is 10.1. The van der Waals surface area contributed by atoms with Crippen molar-refractivity contribution in [3.63, 3.8) is 0 Å². The molecule has 0 fully saturated rings. The summed E-state index contributed by atoms with van der Waals surface area (Å²) in [4.78, 5) is 4.11. The summed E-state index contributed by atoms with van der Waals surface area (Å²) in [6.07, 6.45) is -2.70. The number of rotatable bonds is 1. The van der Waals surface area contributed by atoms with Gasteiger partial charge in [-0.15, -0.1) is 0 Å². The molecule has 0 saturated carbocycles. The monoisotopic (exact) mass is 301 g/mol. The molecule has 2 rings (SSSR count). The third kappa shape index (κ3) is 2.85. The average Bonchev–Trinajstić information content (AvgIpc) is 2.29. The number of benzene rings is 1. The molecule has 88 valence electrons. The van der Waals surface area contributed by atoms with E-state index in [-0.39, 0.29) is 0 Å². The van der Waals surface area contributed by atoms with Crippen molar-refractivity contribution in [3.8, 4) is 11.3 Å². The highest BCUT2D eigenvalue weighted by Gasteiger charge is 2.29. The van der Waals surface area contributed by atoms with Crippen molar-refractivity contribution in [3.05, 3.63) is 52.6 Å². The van der Waals surface area contributed by atoms with Gasteiger partial charge in [0.1, 0.15) is 0 Å². The van der Waals surface area contributed by atoms with Crippen LogP contribution in [0.5, 0.6) is 0 Å². The molecule has 0 aliphatic carbocycles. The summed E-state index contributed by atoms with van der Waals surface area (Å²) in [6, 6.07) is 8.48. The van der Waals surface area contributed by atoms with E-state index in [4.69, 9.17) is 0 Å². The Kier molecular flexibility index (Phi) is 3.19. The lowest BCUT2D eigenvalue weighted by molar-refractivity contribution is -0.137. The molecule has 0 radical (unpaired) electrons. The second kappa shape index (κ2) is 4.49. The molecular weight excluding hydrogens is 295 g/mol. The Morgan fingerprint density at radius 2 is 1.59 bits per heavy atom. The average molecular weight is 302 g/mol. The Labute approximate surface area is 104 Å². The number of aromatic nitrogens is 1. The number of hydrogen-bond donors (Lipinski definition) is 0. The summed E-state index contributed by atoms with van der Waals surface area (Å²) in [5, 5.41) is 0. The van der Waals surface area contributed by atoms with Gasteiger partial charge in [0.15, 0.2) is 0 Å². The fourth-order valence-electron chi connectivity index (χ4n) is 1.38. The number of halogens is 4. The van der Waals surface area contributed by atoms with Crippen LogP contribution in [0.2, 0.25) is 0 Å². The lowest BCUT2D eigenvalue weighted by Gasteiger charge is -2.07. The summed E-state index contributed by atoms with van der Waals surface area (Å²) in [6.45, 7) is 0. The van der Waals surface area contributed by atoms with Crippen LogP contribution in [0, 0.1) is 0 Å². The van der Waals surface area contributed by atoms with Crippen LogP contribution in [-0.2, 0) is 6.18 Å². The van der Waals surface area contributed by atoms with E-state index >= 15 is 0 Å². The topological polar surface area (TPSA) is 12.9 Å². The molecule has 1 aromatic heterocycles. The van der Waals surface area contributed by atoms with Gasteiger partial charge in [-0.2, -0.15) is 13.2 Å². The number of nitrogens with zero attached hydrogens (tertiary/aromatic N) is 1. The third-order valence-corrected chi connectivity index (χ3v) is 2.70. The van der Waals surface area contributed by atoms with Crippen LogP contribution < -0.4 is 0 Å². The largest absolute Gasteiger partial charge is 0.416 e. The van der Waals surface area contributed by atoms with E-state index in [2.05, 4.69) is 20.9 Å². The van der Waals surface area contributed by atoms with Gasteiger partial charge in [-0.05, 0) is 40.2 Å². The molecule has 0 N–H and O–H groups in total. The maximum atomic E-state index is 12.4. The summed E-state index contributed by atoms with van der Waals surface area (Å²) in [5.41, 5.74) is 0.644. The number of alkyl halides is 3. The van der Waals surface area contributed by atoms with E-state index in [1.165, 1.54) is 12.1 Å². The van der Waals surface area contributed by atoms with Gasteiger partial charge in [0.2, 0.25) is 0 Å². The molecule has 0 aliphatic rings. The first-order valence-electron chi connectivity index (χ1n) is 4.76. The minimum absolute atomic E-state index is 0.641. The van der Waals surface area contributed by atoms with Gasteiger partial charge in [0, 0.05) is 16.2 Å². The summed E-state index contributed by atoms with van der Waals surface area (Å²) < 4.78 is 37.9. The van der Waals surface area contributed by atoms with Crippen LogP contribution in [0.15, 0.2) is 47.1 Å². The van der Waals surface area contributed by atoms with Crippen molar-refractivity contribution in [2.75, 3.05) is 0 Å². The van der Waals surface area contributed by atoms with E-state index in [1.54, 1.807) is 18.3 Å². The molecule has 1 aromatic carbocycles. The SMILES string of the molecule is FC(F)(F)c1ccc(-c2ccc(Br)cn2)cc1. The molecule has 0 atom stereocenters. The highest BCUT2D eigenvalue weighted by atomic mass is 79.9. The van der Waals surface area contributed by atoms with Gasteiger partial charge in [-0.1, -0.05) is 12.1 Å². The van der Waals surface area contributed by atoms with Crippen LogP contribution in [0.25, 0.3) is 11.3 Å². The fraction of sp³-hybridized carbons (Fsp3) is 0.0833. The summed E-state index contributed by atoms with van der Waals surface area (Å²) in [7, 11) is 0. The molecule has 2 aromatic rings. The molecule has 1 heterocycles. The lowest BCUT2D eigenvalue weighted by atomic mass is 10.1. The zero-order valence-electron chi connectivity index (χ0n) is 8.50. The first-order valence-corrected chi connectivity index (χ1v) is 5.55. The maximum Gasteiger partial charge on any atom is 0.416 e. The van der Waals surface area contributed by atoms with Crippen molar-refractivity contribution in [1.82, 2.24) is 4.98 Å². The Balaban J connectivity index is 2.33. The lowest BCUT2D eigenvalue weighted by Crippen LogP contribution is -2.04. The van der Waals surface area contributed by atoms with E-state index in [1.807, 2.05) is 0 Å². The summed E-state index contributed by atoms with van der Waals surface area (Å²) >= 11 is 3.24. The normalized spacial score (nSPS) is 11.5.